The summed E-state index contributed by atoms with van der Waals surface area (Å²) in [6.07, 6.45) is 0. The molecule has 0 radical (unpaired) electrons. The summed E-state index contributed by atoms with van der Waals surface area (Å²) in [5.74, 6) is -2.03. The van der Waals surface area contributed by atoms with E-state index in [2.05, 4.69) is 5.32 Å². The molecule has 0 fully saturated rings. The number of halogens is 2. The number of carbonyl (C=O) groups is 1. The van der Waals surface area contributed by atoms with Gasteiger partial charge in [0.05, 0.1) is 11.2 Å². The molecule has 164 valence electrons. The number of amides is 1. The first-order valence-electron chi connectivity index (χ1n) is 9.77. The lowest BCUT2D eigenvalue weighted by Crippen LogP contribution is -2.41. The summed E-state index contributed by atoms with van der Waals surface area (Å²) < 4.78 is 29.6. The molecule has 1 N–H and O–H groups in total. The van der Waals surface area contributed by atoms with E-state index in [1.165, 1.54) is 22.0 Å². The number of aryl methyl sites for hydroxylation is 2. The Kier molecular flexibility index (Phi) is 5.75. The monoisotopic (exact) mass is 455 g/mol. The molecule has 4 rings (SSSR count). The Hall–Kier alpha value is -3.59. The Labute approximate surface area is 185 Å². The van der Waals surface area contributed by atoms with Crippen LogP contribution in [0.5, 0.6) is 0 Å². The van der Waals surface area contributed by atoms with Gasteiger partial charge in [-0.25, -0.2) is 18.1 Å². The number of benzene rings is 2. The topological polar surface area (TPSA) is 73.1 Å². The van der Waals surface area contributed by atoms with Gasteiger partial charge in [0.25, 0.3) is 5.56 Å². The average molecular weight is 455 g/mol. The average Bonchev–Trinajstić information content (AvgIpc) is 3.23. The molecule has 0 spiro atoms. The number of hydrogen-bond donors (Lipinski definition) is 1. The van der Waals surface area contributed by atoms with Gasteiger partial charge in [0.1, 0.15) is 22.9 Å². The lowest BCUT2D eigenvalue weighted by molar-refractivity contribution is -0.121. The predicted molar refractivity (Wildman–Crippen MR) is 119 cm³/mol. The van der Waals surface area contributed by atoms with Crippen molar-refractivity contribution in [3.63, 3.8) is 0 Å². The van der Waals surface area contributed by atoms with Crippen molar-refractivity contribution >= 4 is 27.5 Å². The van der Waals surface area contributed by atoms with E-state index < -0.39 is 28.8 Å². The van der Waals surface area contributed by atoms with Gasteiger partial charge in [-0.2, -0.15) is 0 Å². The van der Waals surface area contributed by atoms with Crippen molar-refractivity contribution in [2.45, 2.75) is 26.9 Å². The fourth-order valence-corrected chi connectivity index (χ4v) is 4.30. The number of aromatic nitrogens is 2. The molecule has 0 atom stereocenters. The minimum absolute atomic E-state index is 0.119. The zero-order valence-corrected chi connectivity index (χ0v) is 18.1. The molecule has 0 aliphatic rings. The first-order valence-corrected chi connectivity index (χ1v) is 10.7. The van der Waals surface area contributed by atoms with Crippen LogP contribution >= 0.6 is 11.3 Å². The van der Waals surface area contributed by atoms with Crippen LogP contribution in [-0.2, 0) is 17.9 Å². The summed E-state index contributed by atoms with van der Waals surface area (Å²) in [4.78, 5) is 39.0. The van der Waals surface area contributed by atoms with E-state index >= 15 is 0 Å². The van der Waals surface area contributed by atoms with E-state index in [1.54, 1.807) is 24.4 Å². The zero-order valence-electron chi connectivity index (χ0n) is 17.3. The normalized spacial score (nSPS) is 11.1. The summed E-state index contributed by atoms with van der Waals surface area (Å²) >= 11 is 1.19. The van der Waals surface area contributed by atoms with Gasteiger partial charge in [-0.05, 0) is 48.6 Å². The van der Waals surface area contributed by atoms with Crippen LogP contribution in [-0.4, -0.2) is 15.0 Å². The smallest absolute Gasteiger partial charge is 0.336 e. The van der Waals surface area contributed by atoms with Crippen LogP contribution < -0.4 is 16.6 Å². The largest absolute Gasteiger partial charge is 0.350 e. The Balaban J connectivity index is 1.72. The van der Waals surface area contributed by atoms with E-state index in [-0.39, 0.29) is 18.7 Å². The Bertz CT molecular complexity index is 1470. The molecule has 9 heteroatoms. The lowest BCUT2D eigenvalue weighted by Gasteiger charge is -2.14. The zero-order chi connectivity index (χ0) is 23.0. The predicted octanol–water partition coefficient (Wildman–Crippen LogP) is 3.43. The molecule has 6 nitrogen and oxygen atoms in total. The van der Waals surface area contributed by atoms with Gasteiger partial charge < -0.3 is 5.32 Å². The van der Waals surface area contributed by atoms with Gasteiger partial charge in [0.2, 0.25) is 5.91 Å². The third-order valence-electron chi connectivity index (χ3n) is 5.15. The van der Waals surface area contributed by atoms with Crippen molar-refractivity contribution in [2.75, 3.05) is 0 Å². The van der Waals surface area contributed by atoms with Crippen LogP contribution in [0.15, 0.2) is 57.4 Å². The minimum atomic E-state index is -0.772. The van der Waals surface area contributed by atoms with Crippen LogP contribution in [0.2, 0.25) is 0 Å². The molecule has 0 saturated carbocycles. The Morgan fingerprint density at radius 1 is 1.06 bits per heavy atom. The molecule has 2 aromatic heterocycles. The van der Waals surface area contributed by atoms with Crippen molar-refractivity contribution in [3.8, 4) is 5.69 Å². The second-order valence-corrected chi connectivity index (χ2v) is 8.36. The van der Waals surface area contributed by atoms with E-state index in [0.717, 1.165) is 27.8 Å². The molecule has 0 bridgehead atoms. The van der Waals surface area contributed by atoms with Gasteiger partial charge in [0, 0.05) is 18.2 Å². The highest BCUT2D eigenvalue weighted by Gasteiger charge is 2.19. The van der Waals surface area contributed by atoms with Crippen LogP contribution in [0.3, 0.4) is 0 Å². The number of rotatable bonds is 5. The SMILES string of the molecule is Cc1ccc(C)c(-n2c(=O)c3sccc3n(CC(=O)NCc3ccc(F)cc3F)c2=O)c1. The Morgan fingerprint density at radius 2 is 1.84 bits per heavy atom. The molecule has 1 amide bonds. The third kappa shape index (κ3) is 3.99. The minimum Gasteiger partial charge on any atom is -0.350 e. The fourth-order valence-electron chi connectivity index (χ4n) is 3.47. The number of carbonyl (C=O) groups excluding carboxylic acids is 1. The maximum absolute atomic E-state index is 13.8. The van der Waals surface area contributed by atoms with Crippen LogP contribution in [0, 0.1) is 25.5 Å². The molecule has 4 aromatic rings. The summed E-state index contributed by atoms with van der Waals surface area (Å²) in [6.45, 7) is 3.13. The van der Waals surface area contributed by atoms with Gasteiger partial charge in [-0.1, -0.05) is 18.2 Å². The fraction of sp³-hybridized carbons (Fsp3) is 0.174. The van der Waals surface area contributed by atoms with Gasteiger partial charge in [-0.15, -0.1) is 11.3 Å². The number of fused-ring (bicyclic) bond motifs is 1. The van der Waals surface area contributed by atoms with E-state index in [1.807, 2.05) is 19.1 Å². The molecule has 2 heterocycles. The number of thiophene rings is 1. The summed E-state index contributed by atoms with van der Waals surface area (Å²) in [5, 5.41) is 4.22. The van der Waals surface area contributed by atoms with Crippen molar-refractivity contribution in [1.29, 1.82) is 0 Å². The van der Waals surface area contributed by atoms with Crippen LogP contribution in [0.1, 0.15) is 16.7 Å². The van der Waals surface area contributed by atoms with Crippen molar-refractivity contribution < 1.29 is 13.6 Å². The maximum atomic E-state index is 13.8. The second-order valence-electron chi connectivity index (χ2n) is 7.45. The molecular formula is C23H19F2N3O3S. The lowest BCUT2D eigenvalue weighted by atomic mass is 10.1. The quantitative estimate of drug-likeness (QED) is 0.501. The van der Waals surface area contributed by atoms with Crippen molar-refractivity contribution in [3.05, 3.63) is 97.0 Å². The first-order chi connectivity index (χ1) is 15.3. The maximum Gasteiger partial charge on any atom is 0.336 e. The summed E-state index contributed by atoms with van der Waals surface area (Å²) in [6, 6.07) is 10.2. The summed E-state index contributed by atoms with van der Waals surface area (Å²) in [7, 11) is 0. The van der Waals surface area contributed by atoms with E-state index in [0.29, 0.717) is 15.9 Å². The van der Waals surface area contributed by atoms with Gasteiger partial charge in [0.15, 0.2) is 0 Å². The van der Waals surface area contributed by atoms with Crippen LogP contribution in [0.25, 0.3) is 15.9 Å². The number of nitrogens with zero attached hydrogens (tertiary/aromatic N) is 2. The van der Waals surface area contributed by atoms with Gasteiger partial charge >= 0.3 is 5.69 Å². The number of nitrogens with one attached hydrogen (secondary N) is 1. The molecule has 0 aliphatic carbocycles. The van der Waals surface area contributed by atoms with Gasteiger partial charge in [-0.3, -0.25) is 14.2 Å². The van der Waals surface area contributed by atoms with Crippen molar-refractivity contribution in [2.24, 2.45) is 0 Å². The van der Waals surface area contributed by atoms with Crippen LogP contribution in [0.4, 0.5) is 8.78 Å². The standard InChI is InChI=1S/C23H19F2N3O3S/c1-13-3-4-14(2)19(9-13)28-22(30)21-18(7-8-32-21)27(23(28)31)12-20(29)26-11-15-5-6-16(24)10-17(15)25/h3-10H,11-12H2,1-2H3,(H,26,29). The molecule has 0 unspecified atom stereocenters. The summed E-state index contributed by atoms with van der Waals surface area (Å²) in [5.41, 5.74) is 1.47. The second kappa shape index (κ2) is 8.51. The first kappa shape index (κ1) is 21.6. The van der Waals surface area contributed by atoms with Crippen molar-refractivity contribution in [1.82, 2.24) is 14.5 Å². The highest BCUT2D eigenvalue weighted by molar-refractivity contribution is 7.17. The molecule has 0 saturated heterocycles. The molecule has 0 aliphatic heterocycles. The number of hydrogen-bond acceptors (Lipinski definition) is 4. The molecule has 2 aromatic carbocycles. The van der Waals surface area contributed by atoms with E-state index in [4.69, 9.17) is 0 Å². The third-order valence-corrected chi connectivity index (χ3v) is 6.04. The molecular weight excluding hydrogens is 436 g/mol. The molecule has 32 heavy (non-hydrogen) atoms. The highest BCUT2D eigenvalue weighted by atomic mass is 32.1. The highest BCUT2D eigenvalue weighted by Crippen LogP contribution is 2.18. The Morgan fingerprint density at radius 3 is 2.59 bits per heavy atom. The van der Waals surface area contributed by atoms with E-state index in [9.17, 15) is 23.2 Å².